The molecule has 2 heterocycles. The van der Waals surface area contributed by atoms with Crippen LogP contribution in [-0.2, 0) is 0 Å². The minimum Gasteiger partial charge on any atom is -0.274 e. The number of fused-ring (bicyclic) bond motifs is 1. The molecule has 0 spiro atoms. The fourth-order valence-electron chi connectivity index (χ4n) is 3.83. The summed E-state index contributed by atoms with van der Waals surface area (Å²) in [5, 5.41) is 7.84. The minimum absolute atomic E-state index is 0.785. The van der Waals surface area contributed by atoms with E-state index in [2.05, 4.69) is 45.7 Å². The fourth-order valence-corrected chi connectivity index (χ4v) is 4.71. The Morgan fingerprint density at radius 3 is 2.96 bits per heavy atom. The molecular weight excluding hydrogens is 306 g/mol. The first-order valence-corrected chi connectivity index (χ1v) is 9.43. The Morgan fingerprint density at radius 1 is 1.30 bits per heavy atom. The number of rotatable bonds is 2. The van der Waals surface area contributed by atoms with Crippen LogP contribution in [0.15, 0.2) is 24.3 Å². The van der Waals surface area contributed by atoms with Gasteiger partial charge in [-0.15, -0.1) is 0 Å². The maximum absolute atomic E-state index is 4.63. The summed E-state index contributed by atoms with van der Waals surface area (Å²) >= 11 is 1.69. The van der Waals surface area contributed by atoms with E-state index in [4.69, 9.17) is 0 Å². The van der Waals surface area contributed by atoms with Gasteiger partial charge in [0.05, 0.1) is 16.3 Å². The standard InChI is InChI=1S/C17H23N5S/c1-12-6-2-4-8-14(12)22-10-18-16(19-11-22)21-17-20-13-7-3-5-9-15(13)23-17/h3,5,7,9,12,14H,2,4,6,8,10-11H2,1H3,(H2,18,19,20,21)/p+2/t12-,14+/m0/s1. The van der Waals surface area contributed by atoms with Crippen LogP contribution in [0.25, 0.3) is 10.2 Å². The quantitative estimate of drug-likeness (QED) is 0.633. The number of guanidine groups is 1. The highest BCUT2D eigenvalue weighted by Crippen LogP contribution is 2.25. The van der Waals surface area contributed by atoms with E-state index in [1.165, 1.54) is 30.4 Å². The maximum Gasteiger partial charge on any atom is 0.359 e. The fraction of sp³-hybridized carbons (Fsp3) is 0.529. The predicted molar refractivity (Wildman–Crippen MR) is 94.5 cm³/mol. The van der Waals surface area contributed by atoms with Crippen LogP contribution in [0, 0.1) is 5.92 Å². The largest absolute Gasteiger partial charge is 0.359 e. The van der Waals surface area contributed by atoms with E-state index in [-0.39, 0.29) is 0 Å². The lowest BCUT2D eigenvalue weighted by Crippen LogP contribution is -3.27. The van der Waals surface area contributed by atoms with E-state index in [9.17, 15) is 0 Å². The van der Waals surface area contributed by atoms with E-state index in [0.29, 0.717) is 0 Å². The van der Waals surface area contributed by atoms with E-state index in [0.717, 1.165) is 41.9 Å². The summed E-state index contributed by atoms with van der Waals surface area (Å²) in [6.45, 7) is 4.37. The van der Waals surface area contributed by atoms with E-state index in [1.807, 2.05) is 6.07 Å². The number of quaternary nitrogens is 1. The molecule has 0 radical (unpaired) electrons. The first-order chi connectivity index (χ1) is 11.3. The van der Waals surface area contributed by atoms with E-state index in [1.54, 1.807) is 16.2 Å². The molecule has 122 valence electrons. The van der Waals surface area contributed by atoms with Gasteiger partial charge in [0.1, 0.15) is 0 Å². The molecule has 1 fully saturated rings. The molecule has 1 saturated carbocycles. The third-order valence-electron chi connectivity index (χ3n) is 5.15. The Labute approximate surface area is 140 Å². The number of para-hydroxylation sites is 1. The van der Waals surface area contributed by atoms with Crippen molar-refractivity contribution in [3.63, 3.8) is 0 Å². The monoisotopic (exact) mass is 331 g/mol. The zero-order chi connectivity index (χ0) is 15.6. The van der Waals surface area contributed by atoms with Gasteiger partial charge in [0.25, 0.3) is 5.13 Å². The molecule has 2 aromatic rings. The molecule has 3 atom stereocenters. The molecule has 5 nitrogen and oxygen atoms in total. The van der Waals surface area contributed by atoms with E-state index >= 15 is 0 Å². The van der Waals surface area contributed by atoms with Crippen LogP contribution in [0.1, 0.15) is 32.6 Å². The summed E-state index contributed by atoms with van der Waals surface area (Å²) in [4.78, 5) is 9.76. The molecule has 0 amide bonds. The summed E-state index contributed by atoms with van der Waals surface area (Å²) in [7, 11) is 0. The molecule has 6 heteroatoms. The number of anilines is 1. The van der Waals surface area contributed by atoms with Crippen LogP contribution >= 0.6 is 11.3 Å². The number of benzene rings is 1. The normalized spacial score (nSPS) is 28.2. The molecule has 2 aliphatic rings. The van der Waals surface area contributed by atoms with Gasteiger partial charge in [-0.05, 0) is 31.4 Å². The Balaban J connectivity index is 1.41. The molecule has 4 rings (SSSR count). The summed E-state index contributed by atoms with van der Waals surface area (Å²) < 4.78 is 1.22. The van der Waals surface area contributed by atoms with Gasteiger partial charge in [0, 0.05) is 5.92 Å². The molecule has 1 aromatic heterocycles. The van der Waals surface area contributed by atoms with Gasteiger partial charge in [-0.2, -0.15) is 0 Å². The van der Waals surface area contributed by atoms with Gasteiger partial charge >= 0.3 is 5.96 Å². The van der Waals surface area contributed by atoms with Crippen molar-refractivity contribution < 1.29 is 9.89 Å². The van der Waals surface area contributed by atoms with Crippen molar-refractivity contribution in [3.05, 3.63) is 24.3 Å². The van der Waals surface area contributed by atoms with E-state index < -0.39 is 0 Å². The van der Waals surface area contributed by atoms with Crippen LogP contribution < -0.4 is 20.5 Å². The van der Waals surface area contributed by atoms with Crippen molar-refractivity contribution in [3.8, 4) is 0 Å². The van der Waals surface area contributed by atoms with Crippen molar-refractivity contribution in [1.29, 1.82) is 0 Å². The molecule has 23 heavy (non-hydrogen) atoms. The number of nitrogens with zero attached hydrogens (tertiary/aromatic N) is 1. The maximum atomic E-state index is 4.63. The first-order valence-electron chi connectivity index (χ1n) is 8.61. The number of hydrogen-bond donors (Lipinski definition) is 4. The number of aromatic nitrogens is 1. The molecule has 4 N–H and O–H groups in total. The van der Waals surface area contributed by atoms with Gasteiger partial charge in [-0.1, -0.05) is 36.8 Å². The van der Waals surface area contributed by atoms with Crippen molar-refractivity contribution >= 4 is 32.6 Å². The Kier molecular flexibility index (Phi) is 4.18. The zero-order valence-corrected chi connectivity index (χ0v) is 14.4. The molecular formula is C17H25N5S+2. The highest BCUT2D eigenvalue weighted by atomic mass is 32.1. The molecule has 1 unspecified atom stereocenters. The van der Waals surface area contributed by atoms with Crippen molar-refractivity contribution in [2.24, 2.45) is 5.92 Å². The lowest BCUT2D eigenvalue weighted by atomic mass is 9.85. The van der Waals surface area contributed by atoms with Gasteiger partial charge in [0.15, 0.2) is 13.3 Å². The predicted octanol–water partition coefficient (Wildman–Crippen LogP) is 0.127. The SMILES string of the molecule is C[C@H]1CCCC[C@H]1[NH+]1CNC(Nc2nc3ccccc3s2)=[NH+]C1. The second-order valence-corrected chi connectivity index (χ2v) is 7.75. The Morgan fingerprint density at radius 2 is 2.17 bits per heavy atom. The van der Waals surface area contributed by atoms with Gasteiger partial charge < -0.3 is 0 Å². The van der Waals surface area contributed by atoms with Crippen molar-refractivity contribution in [2.75, 3.05) is 18.7 Å². The number of thiazole rings is 1. The Bertz CT molecular complexity index is 677. The molecule has 1 aliphatic heterocycles. The molecule has 0 saturated heterocycles. The summed E-state index contributed by atoms with van der Waals surface area (Å²) in [5.74, 6) is 1.82. The molecule has 1 aliphatic carbocycles. The van der Waals surface area contributed by atoms with Crippen molar-refractivity contribution in [2.45, 2.75) is 38.6 Å². The second kappa shape index (κ2) is 6.45. The van der Waals surface area contributed by atoms with Gasteiger partial charge in [-0.25, -0.2) is 20.6 Å². The van der Waals surface area contributed by atoms with Crippen LogP contribution in [0.3, 0.4) is 0 Å². The zero-order valence-electron chi connectivity index (χ0n) is 13.6. The van der Waals surface area contributed by atoms with Crippen molar-refractivity contribution in [1.82, 2.24) is 10.3 Å². The first kappa shape index (κ1) is 14.9. The third-order valence-corrected chi connectivity index (χ3v) is 6.10. The van der Waals surface area contributed by atoms with Crippen LogP contribution in [-0.4, -0.2) is 30.3 Å². The third kappa shape index (κ3) is 3.19. The highest BCUT2D eigenvalue weighted by molar-refractivity contribution is 7.22. The molecule has 1 aromatic carbocycles. The smallest absolute Gasteiger partial charge is 0.274 e. The summed E-state index contributed by atoms with van der Waals surface area (Å²) in [5.41, 5.74) is 1.06. The summed E-state index contributed by atoms with van der Waals surface area (Å²) in [6, 6.07) is 9.04. The van der Waals surface area contributed by atoms with Crippen LogP contribution in [0.2, 0.25) is 0 Å². The lowest BCUT2D eigenvalue weighted by Gasteiger charge is -2.35. The number of nitrogens with one attached hydrogen (secondary N) is 4. The topological polar surface area (TPSA) is 55.4 Å². The summed E-state index contributed by atoms with van der Waals surface area (Å²) in [6.07, 6.45) is 5.54. The Hall–Kier alpha value is -1.66. The minimum atomic E-state index is 0.785. The van der Waals surface area contributed by atoms with Gasteiger partial charge in [-0.3, -0.25) is 4.90 Å². The number of hydrogen-bond acceptors (Lipinski definition) is 4. The molecule has 0 bridgehead atoms. The average molecular weight is 331 g/mol. The lowest BCUT2D eigenvalue weighted by molar-refractivity contribution is -1.00. The van der Waals surface area contributed by atoms with Gasteiger partial charge in [0.2, 0.25) is 0 Å². The highest BCUT2D eigenvalue weighted by Gasteiger charge is 2.33. The average Bonchev–Trinajstić information content (AvgIpc) is 2.98. The van der Waals surface area contributed by atoms with Crippen LogP contribution in [0.4, 0.5) is 5.13 Å². The second-order valence-electron chi connectivity index (χ2n) is 6.72. The van der Waals surface area contributed by atoms with Crippen LogP contribution in [0.5, 0.6) is 0 Å².